The number of rotatable bonds is 6. The Kier molecular flexibility index (Phi) is 5.86. The highest BCUT2D eigenvalue weighted by Gasteiger charge is 2.08. The van der Waals surface area contributed by atoms with Crippen LogP contribution in [0.2, 0.25) is 0 Å². The molecule has 0 bridgehead atoms. The predicted molar refractivity (Wildman–Crippen MR) is 93.3 cm³/mol. The van der Waals surface area contributed by atoms with Crippen LogP contribution in [0.5, 0.6) is 5.75 Å². The summed E-state index contributed by atoms with van der Waals surface area (Å²) in [5, 5.41) is 0. The quantitative estimate of drug-likeness (QED) is 0.683. The molecule has 112 valence electrons. The van der Waals surface area contributed by atoms with Crippen LogP contribution in [0.25, 0.3) is 0 Å². The SMILES string of the molecule is CCc1ccc(CCc2cc(Br)c(CC)cc2OC)cc1. The summed E-state index contributed by atoms with van der Waals surface area (Å²) in [5.41, 5.74) is 5.33. The second-order valence-corrected chi connectivity index (χ2v) is 6.13. The summed E-state index contributed by atoms with van der Waals surface area (Å²) in [7, 11) is 1.75. The van der Waals surface area contributed by atoms with E-state index in [9.17, 15) is 0 Å². The lowest BCUT2D eigenvalue weighted by molar-refractivity contribution is 0.409. The molecule has 0 amide bonds. The molecule has 0 fully saturated rings. The zero-order valence-electron chi connectivity index (χ0n) is 13.1. The fraction of sp³-hybridized carbons (Fsp3) is 0.368. The van der Waals surface area contributed by atoms with Crippen LogP contribution < -0.4 is 4.74 Å². The summed E-state index contributed by atoms with van der Waals surface area (Å²) in [6, 6.07) is 13.3. The van der Waals surface area contributed by atoms with Crippen molar-refractivity contribution in [1.82, 2.24) is 0 Å². The van der Waals surface area contributed by atoms with Gasteiger partial charge in [-0.25, -0.2) is 0 Å². The molecule has 2 aromatic carbocycles. The Morgan fingerprint density at radius 3 is 2.10 bits per heavy atom. The fourth-order valence-corrected chi connectivity index (χ4v) is 3.18. The first-order valence-corrected chi connectivity index (χ1v) is 8.40. The molecule has 0 aliphatic heterocycles. The molecule has 1 nitrogen and oxygen atoms in total. The third-order valence-corrected chi connectivity index (χ3v) is 4.68. The Morgan fingerprint density at radius 2 is 1.52 bits per heavy atom. The van der Waals surface area contributed by atoms with Crippen molar-refractivity contribution in [1.29, 1.82) is 0 Å². The summed E-state index contributed by atoms with van der Waals surface area (Å²) in [6.07, 6.45) is 4.14. The molecule has 0 unspecified atom stereocenters. The molecule has 21 heavy (non-hydrogen) atoms. The minimum absolute atomic E-state index is 0.997. The smallest absolute Gasteiger partial charge is 0.122 e. The average Bonchev–Trinajstić information content (AvgIpc) is 2.53. The molecule has 2 rings (SSSR count). The van der Waals surface area contributed by atoms with Gasteiger partial charge in [0.25, 0.3) is 0 Å². The van der Waals surface area contributed by atoms with Crippen molar-refractivity contribution >= 4 is 15.9 Å². The van der Waals surface area contributed by atoms with Gasteiger partial charge < -0.3 is 4.74 Å². The normalized spacial score (nSPS) is 10.7. The predicted octanol–water partition coefficient (Wildman–Crippen LogP) is 5.37. The van der Waals surface area contributed by atoms with Crippen LogP contribution in [-0.2, 0) is 25.7 Å². The first-order valence-electron chi connectivity index (χ1n) is 7.61. The number of ether oxygens (including phenoxy) is 1. The van der Waals surface area contributed by atoms with Crippen LogP contribution in [0, 0.1) is 0 Å². The van der Waals surface area contributed by atoms with Crippen molar-refractivity contribution in [3.8, 4) is 5.75 Å². The van der Waals surface area contributed by atoms with Gasteiger partial charge in [0.1, 0.15) is 5.75 Å². The lowest BCUT2D eigenvalue weighted by atomic mass is 10.0. The third kappa shape index (κ3) is 4.10. The molecule has 0 N–H and O–H groups in total. The summed E-state index contributed by atoms with van der Waals surface area (Å²) in [6.45, 7) is 4.35. The number of hydrogen-bond donors (Lipinski definition) is 0. The van der Waals surface area contributed by atoms with Crippen LogP contribution in [0.15, 0.2) is 40.9 Å². The van der Waals surface area contributed by atoms with E-state index in [2.05, 4.69) is 66.2 Å². The van der Waals surface area contributed by atoms with E-state index in [4.69, 9.17) is 4.74 Å². The molecule has 0 aliphatic carbocycles. The van der Waals surface area contributed by atoms with Gasteiger partial charge in [-0.05, 0) is 60.1 Å². The molecule has 0 radical (unpaired) electrons. The van der Waals surface area contributed by atoms with E-state index in [-0.39, 0.29) is 0 Å². The Labute approximate surface area is 136 Å². The first kappa shape index (κ1) is 16.1. The maximum Gasteiger partial charge on any atom is 0.122 e. The average molecular weight is 347 g/mol. The molecular formula is C19H23BrO. The van der Waals surface area contributed by atoms with Gasteiger partial charge in [-0.2, -0.15) is 0 Å². The molecule has 0 saturated carbocycles. The monoisotopic (exact) mass is 346 g/mol. The lowest BCUT2D eigenvalue weighted by Crippen LogP contribution is -1.98. The Hall–Kier alpha value is -1.28. The summed E-state index contributed by atoms with van der Waals surface area (Å²) < 4.78 is 6.73. The van der Waals surface area contributed by atoms with E-state index in [1.807, 2.05) is 0 Å². The van der Waals surface area contributed by atoms with Gasteiger partial charge in [0.05, 0.1) is 7.11 Å². The largest absolute Gasteiger partial charge is 0.496 e. The molecule has 0 heterocycles. The number of hydrogen-bond acceptors (Lipinski definition) is 1. The van der Waals surface area contributed by atoms with Crippen LogP contribution in [-0.4, -0.2) is 7.11 Å². The van der Waals surface area contributed by atoms with Gasteiger partial charge in [0.2, 0.25) is 0 Å². The zero-order chi connectivity index (χ0) is 15.2. The molecule has 0 atom stereocenters. The first-order chi connectivity index (χ1) is 10.2. The Morgan fingerprint density at radius 1 is 0.857 bits per heavy atom. The van der Waals surface area contributed by atoms with Gasteiger partial charge in [-0.1, -0.05) is 54.0 Å². The summed E-state index contributed by atoms with van der Waals surface area (Å²) >= 11 is 3.66. The van der Waals surface area contributed by atoms with E-state index in [1.54, 1.807) is 7.11 Å². The van der Waals surface area contributed by atoms with Crippen molar-refractivity contribution in [2.45, 2.75) is 39.5 Å². The second kappa shape index (κ2) is 7.65. The molecular weight excluding hydrogens is 324 g/mol. The van der Waals surface area contributed by atoms with Crippen molar-refractivity contribution < 1.29 is 4.74 Å². The van der Waals surface area contributed by atoms with Crippen LogP contribution in [0.1, 0.15) is 36.1 Å². The van der Waals surface area contributed by atoms with Crippen molar-refractivity contribution in [2.75, 3.05) is 7.11 Å². The number of methoxy groups -OCH3 is 1. The van der Waals surface area contributed by atoms with Crippen LogP contribution in [0.3, 0.4) is 0 Å². The maximum atomic E-state index is 5.55. The zero-order valence-corrected chi connectivity index (χ0v) is 14.7. The van der Waals surface area contributed by atoms with Gasteiger partial charge in [0.15, 0.2) is 0 Å². The highest BCUT2D eigenvalue weighted by Crippen LogP contribution is 2.29. The lowest BCUT2D eigenvalue weighted by Gasteiger charge is -2.12. The highest BCUT2D eigenvalue weighted by atomic mass is 79.9. The van der Waals surface area contributed by atoms with Gasteiger partial charge >= 0.3 is 0 Å². The van der Waals surface area contributed by atoms with E-state index >= 15 is 0 Å². The van der Waals surface area contributed by atoms with Crippen LogP contribution in [0.4, 0.5) is 0 Å². The topological polar surface area (TPSA) is 9.23 Å². The standard InChI is InChI=1S/C19H23BrO/c1-4-14-6-8-15(9-7-14)10-11-17-12-18(20)16(5-2)13-19(17)21-3/h6-9,12-13H,4-5,10-11H2,1-3H3. The van der Waals surface area contributed by atoms with Crippen molar-refractivity contribution in [3.05, 3.63) is 63.1 Å². The maximum absolute atomic E-state index is 5.55. The molecule has 0 aliphatic rings. The Balaban J connectivity index is 2.13. The molecule has 0 saturated heterocycles. The molecule has 0 spiro atoms. The van der Waals surface area contributed by atoms with Gasteiger partial charge in [0, 0.05) is 4.47 Å². The van der Waals surface area contributed by atoms with E-state index in [0.717, 1.165) is 31.4 Å². The minimum atomic E-state index is 0.997. The Bertz CT molecular complexity index is 587. The number of benzene rings is 2. The number of halogens is 1. The van der Waals surface area contributed by atoms with E-state index < -0.39 is 0 Å². The molecule has 0 aromatic heterocycles. The van der Waals surface area contributed by atoms with Gasteiger partial charge in [-0.15, -0.1) is 0 Å². The minimum Gasteiger partial charge on any atom is -0.496 e. The highest BCUT2D eigenvalue weighted by molar-refractivity contribution is 9.10. The van der Waals surface area contributed by atoms with Crippen LogP contribution >= 0.6 is 15.9 Å². The molecule has 2 heteroatoms. The van der Waals surface area contributed by atoms with Gasteiger partial charge in [-0.3, -0.25) is 0 Å². The fourth-order valence-electron chi connectivity index (χ4n) is 2.51. The molecule has 2 aromatic rings. The number of aryl methyl sites for hydroxylation is 4. The second-order valence-electron chi connectivity index (χ2n) is 5.28. The van der Waals surface area contributed by atoms with E-state index in [0.29, 0.717) is 0 Å². The van der Waals surface area contributed by atoms with E-state index in [1.165, 1.54) is 26.7 Å². The third-order valence-electron chi connectivity index (χ3n) is 3.94. The summed E-state index contributed by atoms with van der Waals surface area (Å²) in [5.74, 6) is 1.00. The van der Waals surface area contributed by atoms with Crippen molar-refractivity contribution in [3.63, 3.8) is 0 Å². The summed E-state index contributed by atoms with van der Waals surface area (Å²) in [4.78, 5) is 0. The van der Waals surface area contributed by atoms with Crippen molar-refractivity contribution in [2.24, 2.45) is 0 Å².